The summed E-state index contributed by atoms with van der Waals surface area (Å²) >= 11 is 3.84. The van der Waals surface area contributed by atoms with E-state index in [9.17, 15) is 4.79 Å². The third-order valence-electron chi connectivity index (χ3n) is 4.76. The zero-order valence-electron chi connectivity index (χ0n) is 12.7. The SMILES string of the molecule is CNC(=O)Oc1ccc2c(c1)C1(C)C(Br)CN(C)C1N2C. The molecule has 6 heteroatoms. The average molecular weight is 354 g/mol. The summed E-state index contributed by atoms with van der Waals surface area (Å²) in [7, 11) is 5.82. The van der Waals surface area contributed by atoms with Gasteiger partial charge in [-0.25, -0.2) is 4.79 Å². The second-order valence-corrected chi connectivity index (χ2v) is 7.10. The first-order valence-electron chi connectivity index (χ1n) is 7.00. The van der Waals surface area contributed by atoms with Crippen LogP contribution in [0.15, 0.2) is 18.2 Å². The number of carbonyl (C=O) groups is 1. The fourth-order valence-corrected chi connectivity index (χ4v) is 4.71. The van der Waals surface area contributed by atoms with Crippen molar-refractivity contribution in [1.82, 2.24) is 10.2 Å². The zero-order valence-corrected chi connectivity index (χ0v) is 14.3. The Labute approximate surface area is 133 Å². The third-order valence-corrected chi connectivity index (χ3v) is 6.00. The number of benzene rings is 1. The van der Waals surface area contributed by atoms with Crippen molar-refractivity contribution in [2.24, 2.45) is 0 Å². The molecule has 3 atom stereocenters. The van der Waals surface area contributed by atoms with Gasteiger partial charge in [-0.2, -0.15) is 0 Å². The largest absolute Gasteiger partial charge is 0.412 e. The molecular formula is C15H20BrN3O2. The molecule has 0 aliphatic carbocycles. The Morgan fingerprint density at radius 2 is 2.19 bits per heavy atom. The summed E-state index contributed by atoms with van der Waals surface area (Å²) in [6.07, 6.45) is -0.130. The lowest BCUT2D eigenvalue weighted by atomic mass is 9.81. The van der Waals surface area contributed by atoms with Crippen LogP contribution in [0.2, 0.25) is 0 Å². The molecule has 1 N–H and O–H groups in total. The summed E-state index contributed by atoms with van der Waals surface area (Å²) in [5.41, 5.74) is 2.39. The first kappa shape index (κ1) is 14.7. The van der Waals surface area contributed by atoms with E-state index in [4.69, 9.17) is 4.74 Å². The number of anilines is 1. The van der Waals surface area contributed by atoms with E-state index in [1.165, 1.54) is 11.3 Å². The van der Waals surface area contributed by atoms with E-state index in [0.29, 0.717) is 16.7 Å². The van der Waals surface area contributed by atoms with E-state index in [1.807, 2.05) is 18.2 Å². The van der Waals surface area contributed by atoms with E-state index in [0.717, 1.165) is 6.54 Å². The highest BCUT2D eigenvalue weighted by molar-refractivity contribution is 9.09. The van der Waals surface area contributed by atoms with E-state index in [1.54, 1.807) is 7.05 Å². The Morgan fingerprint density at radius 1 is 1.48 bits per heavy atom. The minimum Gasteiger partial charge on any atom is -0.410 e. The molecule has 1 saturated heterocycles. The Hall–Kier alpha value is -1.27. The van der Waals surface area contributed by atoms with Crippen molar-refractivity contribution in [2.45, 2.75) is 23.3 Å². The Kier molecular flexibility index (Phi) is 3.41. The first-order chi connectivity index (χ1) is 9.89. The number of fused-ring (bicyclic) bond motifs is 3. The first-order valence-corrected chi connectivity index (χ1v) is 7.92. The van der Waals surface area contributed by atoms with Gasteiger partial charge >= 0.3 is 6.09 Å². The molecule has 3 unspecified atom stereocenters. The van der Waals surface area contributed by atoms with E-state index in [-0.39, 0.29) is 5.41 Å². The molecule has 5 nitrogen and oxygen atoms in total. The van der Waals surface area contributed by atoms with Crippen molar-refractivity contribution in [2.75, 3.05) is 32.6 Å². The fourth-order valence-electron chi connectivity index (χ4n) is 3.78. The summed E-state index contributed by atoms with van der Waals surface area (Å²) < 4.78 is 5.28. The highest BCUT2D eigenvalue weighted by atomic mass is 79.9. The maximum absolute atomic E-state index is 11.4. The predicted octanol–water partition coefficient (Wildman–Crippen LogP) is 2.15. The Balaban J connectivity index is 2.05. The van der Waals surface area contributed by atoms with Crippen molar-refractivity contribution in [3.63, 3.8) is 0 Å². The van der Waals surface area contributed by atoms with Crippen LogP contribution in [-0.2, 0) is 5.41 Å². The molecule has 1 aromatic rings. The number of nitrogens with zero attached hydrogens (tertiary/aromatic N) is 2. The van der Waals surface area contributed by atoms with Crippen LogP contribution in [0.25, 0.3) is 0 Å². The summed E-state index contributed by atoms with van der Waals surface area (Å²) in [6, 6.07) is 5.87. The molecule has 2 heterocycles. The highest BCUT2D eigenvalue weighted by Crippen LogP contribution is 2.53. The maximum Gasteiger partial charge on any atom is 0.412 e. The van der Waals surface area contributed by atoms with Gasteiger partial charge in [-0.3, -0.25) is 4.90 Å². The van der Waals surface area contributed by atoms with Gasteiger partial charge in [0.1, 0.15) is 5.75 Å². The van der Waals surface area contributed by atoms with E-state index >= 15 is 0 Å². The van der Waals surface area contributed by atoms with Crippen LogP contribution in [0, 0.1) is 0 Å². The molecule has 2 aliphatic heterocycles. The molecule has 2 aliphatic rings. The summed E-state index contributed by atoms with van der Waals surface area (Å²) in [5, 5.41) is 2.47. The lowest BCUT2D eigenvalue weighted by Crippen LogP contribution is -2.46. The topological polar surface area (TPSA) is 44.8 Å². The summed E-state index contributed by atoms with van der Waals surface area (Å²) in [5.74, 6) is 0.581. The third kappa shape index (κ3) is 1.96. The number of hydrogen-bond acceptors (Lipinski definition) is 4. The predicted molar refractivity (Wildman–Crippen MR) is 86.4 cm³/mol. The smallest absolute Gasteiger partial charge is 0.410 e. The summed E-state index contributed by atoms with van der Waals surface area (Å²) in [4.78, 5) is 16.4. The number of likely N-dealkylation sites (tertiary alicyclic amines) is 1. The van der Waals surface area contributed by atoms with Gasteiger partial charge in [0.2, 0.25) is 0 Å². The average Bonchev–Trinajstić information content (AvgIpc) is 2.81. The lowest BCUT2D eigenvalue weighted by molar-refractivity contribution is 0.203. The molecular weight excluding hydrogens is 334 g/mol. The molecule has 114 valence electrons. The van der Waals surface area contributed by atoms with Crippen LogP contribution in [0.1, 0.15) is 12.5 Å². The van der Waals surface area contributed by atoms with Gasteiger partial charge in [-0.15, -0.1) is 0 Å². The van der Waals surface area contributed by atoms with Crippen molar-refractivity contribution in [3.05, 3.63) is 23.8 Å². The number of ether oxygens (including phenoxy) is 1. The van der Waals surface area contributed by atoms with E-state index < -0.39 is 6.09 Å². The van der Waals surface area contributed by atoms with Crippen molar-refractivity contribution in [3.8, 4) is 5.75 Å². The molecule has 0 radical (unpaired) electrons. The number of nitrogens with one attached hydrogen (secondary N) is 1. The Bertz CT molecular complexity index is 594. The van der Waals surface area contributed by atoms with Gasteiger partial charge in [0, 0.05) is 36.6 Å². The number of carbonyl (C=O) groups excluding carboxylic acids is 1. The van der Waals surface area contributed by atoms with Gasteiger partial charge in [0.15, 0.2) is 0 Å². The van der Waals surface area contributed by atoms with E-state index in [2.05, 4.69) is 52.1 Å². The van der Waals surface area contributed by atoms with Crippen LogP contribution >= 0.6 is 15.9 Å². The number of amides is 1. The van der Waals surface area contributed by atoms with Crippen molar-refractivity contribution < 1.29 is 9.53 Å². The normalized spacial score (nSPS) is 31.0. The molecule has 21 heavy (non-hydrogen) atoms. The highest BCUT2D eigenvalue weighted by Gasteiger charge is 2.57. The van der Waals surface area contributed by atoms with Gasteiger partial charge in [0.25, 0.3) is 0 Å². The second-order valence-electron chi connectivity index (χ2n) is 5.99. The van der Waals surface area contributed by atoms with Crippen LogP contribution in [0.5, 0.6) is 5.75 Å². The van der Waals surface area contributed by atoms with Gasteiger partial charge in [0.05, 0.1) is 6.17 Å². The number of likely N-dealkylation sites (N-methyl/N-ethyl adjacent to an activating group) is 2. The second kappa shape index (κ2) is 4.88. The molecule has 0 aromatic heterocycles. The fraction of sp³-hybridized carbons (Fsp3) is 0.533. The van der Waals surface area contributed by atoms with Crippen molar-refractivity contribution >= 4 is 27.7 Å². The molecule has 0 saturated carbocycles. The molecule has 0 spiro atoms. The molecule has 1 amide bonds. The van der Waals surface area contributed by atoms with Crippen LogP contribution in [-0.4, -0.2) is 49.7 Å². The monoisotopic (exact) mass is 353 g/mol. The number of alkyl halides is 1. The minimum absolute atomic E-state index is 0.0269. The van der Waals surface area contributed by atoms with Gasteiger partial charge in [-0.05, 0) is 30.8 Å². The number of hydrogen-bond donors (Lipinski definition) is 1. The van der Waals surface area contributed by atoms with Crippen LogP contribution in [0.3, 0.4) is 0 Å². The number of rotatable bonds is 1. The molecule has 1 fully saturated rings. The maximum atomic E-state index is 11.4. The Morgan fingerprint density at radius 3 is 2.86 bits per heavy atom. The van der Waals surface area contributed by atoms with Gasteiger partial charge < -0.3 is 15.0 Å². The molecule has 3 rings (SSSR count). The standard InChI is InChI=1S/C15H20BrN3O2/c1-15-10-7-9(21-14(20)17-2)5-6-11(10)19(4)13(15)18(3)8-12(15)16/h5-7,12-13H,8H2,1-4H3,(H,17,20). The molecule has 0 bridgehead atoms. The summed E-state index contributed by atoms with van der Waals surface area (Å²) in [6.45, 7) is 3.26. The molecule has 1 aromatic carbocycles. The van der Waals surface area contributed by atoms with Crippen LogP contribution < -0.4 is 15.0 Å². The lowest BCUT2D eigenvalue weighted by Gasteiger charge is -2.33. The zero-order chi connectivity index (χ0) is 15.4. The van der Waals surface area contributed by atoms with Crippen LogP contribution in [0.4, 0.5) is 10.5 Å². The van der Waals surface area contributed by atoms with Crippen molar-refractivity contribution in [1.29, 1.82) is 0 Å². The quantitative estimate of drug-likeness (QED) is 0.785. The number of halogens is 1. The van der Waals surface area contributed by atoms with Gasteiger partial charge in [-0.1, -0.05) is 22.9 Å². The minimum atomic E-state index is -0.443.